The second kappa shape index (κ2) is 7.67. The van der Waals surface area contributed by atoms with Crippen LogP contribution in [-0.4, -0.2) is 18.7 Å². The lowest BCUT2D eigenvalue weighted by Gasteiger charge is -2.04. The molecule has 0 fully saturated rings. The van der Waals surface area contributed by atoms with Crippen molar-refractivity contribution in [3.63, 3.8) is 0 Å². The zero-order valence-electron chi connectivity index (χ0n) is 10.9. The van der Waals surface area contributed by atoms with Gasteiger partial charge in [-0.1, -0.05) is 41.4 Å². The molecule has 4 nitrogen and oxygen atoms in total. The topological polar surface area (TPSA) is 50.7 Å². The van der Waals surface area contributed by atoms with Gasteiger partial charge in [0.2, 0.25) is 0 Å². The van der Waals surface area contributed by atoms with E-state index >= 15 is 0 Å². The molecule has 0 aliphatic rings. The molecule has 0 bridgehead atoms. The molecule has 0 heterocycles. The highest BCUT2D eigenvalue weighted by Gasteiger charge is 2.01. The van der Waals surface area contributed by atoms with E-state index in [2.05, 4.69) is 10.5 Å². The SMILES string of the molecule is O=C(COc1ccc(Cl)cc1)NN=Cc1ccccc1Cl. The summed E-state index contributed by atoms with van der Waals surface area (Å²) in [5.41, 5.74) is 3.08. The minimum absolute atomic E-state index is 0.137. The van der Waals surface area contributed by atoms with Crippen molar-refractivity contribution in [3.8, 4) is 5.75 Å². The molecular weight excluding hydrogens is 311 g/mol. The van der Waals surface area contributed by atoms with Gasteiger partial charge in [0, 0.05) is 15.6 Å². The third kappa shape index (κ3) is 5.10. The van der Waals surface area contributed by atoms with Crippen molar-refractivity contribution in [2.75, 3.05) is 6.61 Å². The first-order valence-corrected chi connectivity index (χ1v) is 6.85. The maximum absolute atomic E-state index is 11.5. The number of halogens is 2. The van der Waals surface area contributed by atoms with Gasteiger partial charge in [0.15, 0.2) is 6.61 Å². The molecule has 6 heteroatoms. The summed E-state index contributed by atoms with van der Waals surface area (Å²) in [6, 6.07) is 13.9. The van der Waals surface area contributed by atoms with Crippen LogP contribution in [0, 0.1) is 0 Å². The Labute approximate surface area is 132 Å². The Morgan fingerprint density at radius 2 is 1.86 bits per heavy atom. The van der Waals surface area contributed by atoms with Gasteiger partial charge in [-0.05, 0) is 30.3 Å². The molecule has 0 unspecified atom stereocenters. The van der Waals surface area contributed by atoms with Gasteiger partial charge < -0.3 is 4.74 Å². The molecule has 1 amide bonds. The van der Waals surface area contributed by atoms with Crippen LogP contribution in [0.5, 0.6) is 5.75 Å². The second-order valence-electron chi connectivity index (χ2n) is 4.06. The molecular formula is C15H12Cl2N2O2. The molecule has 108 valence electrons. The van der Waals surface area contributed by atoms with Crippen LogP contribution in [0.1, 0.15) is 5.56 Å². The van der Waals surface area contributed by atoms with Crippen LogP contribution in [-0.2, 0) is 4.79 Å². The zero-order valence-corrected chi connectivity index (χ0v) is 12.4. The molecule has 1 N–H and O–H groups in total. The summed E-state index contributed by atoms with van der Waals surface area (Å²) >= 11 is 11.7. The predicted octanol–water partition coefficient (Wildman–Crippen LogP) is 3.52. The lowest BCUT2D eigenvalue weighted by molar-refractivity contribution is -0.123. The van der Waals surface area contributed by atoms with E-state index in [9.17, 15) is 4.79 Å². The van der Waals surface area contributed by atoms with Crippen LogP contribution < -0.4 is 10.2 Å². The van der Waals surface area contributed by atoms with Crippen LogP contribution >= 0.6 is 23.2 Å². The number of carbonyl (C=O) groups is 1. The van der Waals surface area contributed by atoms with Gasteiger partial charge in [0.1, 0.15) is 5.75 Å². The molecule has 0 radical (unpaired) electrons. The van der Waals surface area contributed by atoms with Crippen LogP contribution in [0.4, 0.5) is 0 Å². The number of rotatable bonds is 5. The molecule has 21 heavy (non-hydrogen) atoms. The molecule has 0 saturated heterocycles. The Morgan fingerprint density at radius 1 is 1.14 bits per heavy atom. The maximum Gasteiger partial charge on any atom is 0.277 e. The van der Waals surface area contributed by atoms with Gasteiger partial charge in [-0.3, -0.25) is 4.79 Å². The average molecular weight is 323 g/mol. The normalized spacial score (nSPS) is 10.6. The number of ether oxygens (including phenoxy) is 1. The van der Waals surface area contributed by atoms with Crippen molar-refractivity contribution >= 4 is 35.3 Å². The van der Waals surface area contributed by atoms with Crippen LogP contribution in [0.2, 0.25) is 10.0 Å². The number of benzene rings is 2. The Bertz CT molecular complexity index is 642. The lowest BCUT2D eigenvalue weighted by atomic mass is 10.2. The fourth-order valence-corrected chi connectivity index (χ4v) is 1.78. The first-order valence-electron chi connectivity index (χ1n) is 6.10. The summed E-state index contributed by atoms with van der Waals surface area (Å²) in [6.07, 6.45) is 1.47. The highest BCUT2D eigenvalue weighted by atomic mass is 35.5. The zero-order chi connectivity index (χ0) is 15.1. The molecule has 0 aliphatic heterocycles. The Hall–Kier alpha value is -2.04. The summed E-state index contributed by atoms with van der Waals surface area (Å²) in [7, 11) is 0. The van der Waals surface area contributed by atoms with Crippen molar-refractivity contribution in [1.82, 2.24) is 5.43 Å². The van der Waals surface area contributed by atoms with Crippen LogP contribution in [0.25, 0.3) is 0 Å². The molecule has 0 aliphatic carbocycles. The van der Waals surface area contributed by atoms with Crippen molar-refractivity contribution < 1.29 is 9.53 Å². The van der Waals surface area contributed by atoms with Gasteiger partial charge in [-0.15, -0.1) is 0 Å². The van der Waals surface area contributed by atoms with Crippen LogP contribution in [0.15, 0.2) is 53.6 Å². The number of amides is 1. The van der Waals surface area contributed by atoms with Gasteiger partial charge in [-0.2, -0.15) is 5.10 Å². The number of hydrogen-bond acceptors (Lipinski definition) is 3. The van der Waals surface area contributed by atoms with Gasteiger partial charge in [-0.25, -0.2) is 5.43 Å². The van der Waals surface area contributed by atoms with Crippen LogP contribution in [0.3, 0.4) is 0 Å². The quantitative estimate of drug-likeness (QED) is 0.676. The Balaban J connectivity index is 1.80. The molecule has 0 atom stereocenters. The van der Waals surface area contributed by atoms with E-state index in [4.69, 9.17) is 27.9 Å². The van der Waals surface area contributed by atoms with E-state index in [0.717, 1.165) is 5.56 Å². The van der Waals surface area contributed by atoms with Crippen molar-refractivity contribution in [1.29, 1.82) is 0 Å². The summed E-state index contributed by atoms with van der Waals surface area (Å²) < 4.78 is 5.28. The largest absolute Gasteiger partial charge is 0.484 e. The van der Waals surface area contributed by atoms with E-state index < -0.39 is 0 Å². The monoisotopic (exact) mass is 322 g/mol. The fourth-order valence-electron chi connectivity index (χ4n) is 1.47. The van der Waals surface area contributed by atoms with Crippen molar-refractivity contribution in [2.45, 2.75) is 0 Å². The molecule has 0 spiro atoms. The highest BCUT2D eigenvalue weighted by Crippen LogP contribution is 2.15. The van der Waals surface area contributed by atoms with Gasteiger partial charge in [0.25, 0.3) is 5.91 Å². The minimum Gasteiger partial charge on any atom is -0.484 e. The average Bonchev–Trinajstić information content (AvgIpc) is 2.49. The fraction of sp³-hybridized carbons (Fsp3) is 0.0667. The number of nitrogens with one attached hydrogen (secondary N) is 1. The maximum atomic E-state index is 11.5. The number of nitrogens with zero attached hydrogens (tertiary/aromatic N) is 1. The first-order chi connectivity index (χ1) is 10.1. The third-order valence-corrected chi connectivity index (χ3v) is 3.08. The van der Waals surface area contributed by atoms with Crippen molar-refractivity contribution in [2.24, 2.45) is 5.10 Å². The summed E-state index contributed by atoms with van der Waals surface area (Å²) in [4.78, 5) is 11.5. The van der Waals surface area contributed by atoms with Gasteiger partial charge >= 0.3 is 0 Å². The first kappa shape index (κ1) is 15.4. The smallest absolute Gasteiger partial charge is 0.277 e. The Morgan fingerprint density at radius 3 is 2.57 bits per heavy atom. The van der Waals surface area contributed by atoms with E-state index in [1.165, 1.54) is 6.21 Å². The standard InChI is InChI=1S/C15H12Cl2N2O2/c16-12-5-7-13(8-6-12)21-10-15(20)19-18-9-11-3-1-2-4-14(11)17/h1-9H,10H2,(H,19,20). The highest BCUT2D eigenvalue weighted by molar-refractivity contribution is 6.33. The van der Waals surface area contributed by atoms with E-state index in [0.29, 0.717) is 15.8 Å². The Kier molecular flexibility index (Phi) is 5.60. The molecule has 2 rings (SSSR count). The summed E-state index contributed by atoms with van der Waals surface area (Å²) in [5.74, 6) is 0.192. The summed E-state index contributed by atoms with van der Waals surface area (Å²) in [5, 5.41) is 4.99. The lowest BCUT2D eigenvalue weighted by Crippen LogP contribution is -2.24. The summed E-state index contributed by atoms with van der Waals surface area (Å²) in [6.45, 7) is -0.137. The number of carbonyl (C=O) groups excluding carboxylic acids is 1. The minimum atomic E-state index is -0.367. The predicted molar refractivity (Wildman–Crippen MR) is 84.1 cm³/mol. The van der Waals surface area contributed by atoms with Crippen molar-refractivity contribution in [3.05, 3.63) is 64.1 Å². The second-order valence-corrected chi connectivity index (χ2v) is 4.90. The third-order valence-electron chi connectivity index (χ3n) is 2.48. The number of hydrazone groups is 1. The number of hydrogen-bond donors (Lipinski definition) is 1. The molecule has 0 saturated carbocycles. The molecule has 0 aromatic heterocycles. The van der Waals surface area contributed by atoms with E-state index in [1.807, 2.05) is 12.1 Å². The van der Waals surface area contributed by atoms with E-state index in [-0.39, 0.29) is 12.5 Å². The molecule has 2 aromatic carbocycles. The molecule has 2 aromatic rings. The van der Waals surface area contributed by atoms with E-state index in [1.54, 1.807) is 36.4 Å². The van der Waals surface area contributed by atoms with Gasteiger partial charge in [0.05, 0.1) is 6.21 Å².